The van der Waals surface area contributed by atoms with Gasteiger partial charge in [-0.25, -0.2) is 0 Å². The van der Waals surface area contributed by atoms with Gasteiger partial charge in [0.2, 0.25) is 0 Å². The van der Waals surface area contributed by atoms with Gasteiger partial charge in [0, 0.05) is 19.8 Å². The molecule has 1 aromatic rings. The zero-order valence-corrected chi connectivity index (χ0v) is 12.4. The molecule has 0 bridgehead atoms. The molecule has 0 heterocycles. The minimum atomic E-state index is 0.0792. The van der Waals surface area contributed by atoms with Gasteiger partial charge in [0.15, 0.2) is 0 Å². The van der Waals surface area contributed by atoms with Crippen molar-refractivity contribution in [3.05, 3.63) is 35.4 Å². The molecule has 1 rings (SSSR count). The van der Waals surface area contributed by atoms with Gasteiger partial charge in [0.25, 0.3) is 0 Å². The number of hydrogen-bond donors (Lipinski definition) is 1. The zero-order chi connectivity index (χ0) is 13.8. The normalized spacial score (nSPS) is 15.4. The summed E-state index contributed by atoms with van der Waals surface area (Å²) in [4.78, 5) is 0. The largest absolute Gasteiger partial charge is 0.385 e. The second kappa shape index (κ2) is 6.35. The van der Waals surface area contributed by atoms with Gasteiger partial charge in [0.1, 0.15) is 0 Å². The molecule has 0 radical (unpaired) electrons. The molecular weight excluding hydrogens is 222 g/mol. The van der Waals surface area contributed by atoms with E-state index in [1.54, 1.807) is 7.11 Å². The maximum absolute atomic E-state index is 6.42. The van der Waals surface area contributed by atoms with E-state index in [1.807, 2.05) is 0 Å². The fraction of sp³-hybridized carbons (Fsp3) is 0.625. The second-order valence-corrected chi connectivity index (χ2v) is 6.12. The summed E-state index contributed by atoms with van der Waals surface area (Å²) in [5.41, 5.74) is 9.18. The van der Waals surface area contributed by atoms with Crippen LogP contribution in [0.15, 0.2) is 24.3 Å². The molecule has 0 aliphatic rings. The molecule has 2 atom stereocenters. The van der Waals surface area contributed by atoms with Crippen LogP contribution in [0.2, 0.25) is 0 Å². The van der Waals surface area contributed by atoms with Gasteiger partial charge in [-0.3, -0.25) is 0 Å². The molecule has 2 unspecified atom stereocenters. The molecule has 1 aromatic carbocycles. The highest BCUT2D eigenvalue weighted by Gasteiger charge is 2.23. The maximum Gasteiger partial charge on any atom is 0.0465 e. The average Bonchev–Trinajstić information content (AvgIpc) is 2.34. The number of rotatable bonds is 5. The van der Waals surface area contributed by atoms with Gasteiger partial charge in [-0.2, -0.15) is 0 Å². The third-order valence-electron chi connectivity index (χ3n) is 3.52. The highest BCUT2D eigenvalue weighted by Crippen LogP contribution is 2.32. The second-order valence-electron chi connectivity index (χ2n) is 6.12. The van der Waals surface area contributed by atoms with Gasteiger partial charge in [-0.05, 0) is 28.9 Å². The Kier molecular flexibility index (Phi) is 5.36. The van der Waals surface area contributed by atoms with Crippen molar-refractivity contribution in [2.75, 3.05) is 13.7 Å². The lowest BCUT2D eigenvalue weighted by atomic mass is 9.79. The van der Waals surface area contributed by atoms with Crippen LogP contribution in [-0.2, 0) is 10.2 Å². The minimum Gasteiger partial charge on any atom is -0.385 e. The molecule has 2 heteroatoms. The Balaban J connectivity index is 2.95. The molecule has 0 fully saturated rings. The summed E-state index contributed by atoms with van der Waals surface area (Å²) in [6.07, 6.45) is 0.996. The highest BCUT2D eigenvalue weighted by molar-refractivity contribution is 5.35. The van der Waals surface area contributed by atoms with Gasteiger partial charge in [0.05, 0.1) is 0 Å². The summed E-state index contributed by atoms with van der Waals surface area (Å²) in [6.45, 7) is 9.67. The zero-order valence-electron chi connectivity index (χ0n) is 12.4. The fourth-order valence-corrected chi connectivity index (χ4v) is 2.26. The Hall–Kier alpha value is -0.860. The first-order chi connectivity index (χ1) is 8.38. The third-order valence-corrected chi connectivity index (χ3v) is 3.52. The lowest BCUT2D eigenvalue weighted by Crippen LogP contribution is -2.25. The Morgan fingerprint density at radius 1 is 1.22 bits per heavy atom. The van der Waals surface area contributed by atoms with Gasteiger partial charge in [-0.1, -0.05) is 52.0 Å². The highest BCUT2D eigenvalue weighted by atomic mass is 16.5. The fourth-order valence-electron chi connectivity index (χ4n) is 2.26. The first-order valence-corrected chi connectivity index (χ1v) is 6.72. The molecule has 0 spiro atoms. The number of nitrogens with two attached hydrogens (primary N) is 1. The van der Waals surface area contributed by atoms with Crippen molar-refractivity contribution < 1.29 is 4.74 Å². The van der Waals surface area contributed by atoms with E-state index in [-0.39, 0.29) is 11.5 Å². The van der Waals surface area contributed by atoms with Crippen molar-refractivity contribution in [1.29, 1.82) is 0 Å². The van der Waals surface area contributed by atoms with Gasteiger partial charge >= 0.3 is 0 Å². The first-order valence-electron chi connectivity index (χ1n) is 6.72. The van der Waals surface area contributed by atoms with Crippen molar-refractivity contribution in [2.45, 2.75) is 45.6 Å². The monoisotopic (exact) mass is 249 g/mol. The molecule has 0 saturated heterocycles. The van der Waals surface area contributed by atoms with Crippen molar-refractivity contribution >= 4 is 0 Å². The minimum absolute atomic E-state index is 0.0792. The lowest BCUT2D eigenvalue weighted by Gasteiger charge is -2.28. The summed E-state index contributed by atoms with van der Waals surface area (Å²) in [6, 6.07) is 8.60. The molecule has 0 saturated carbocycles. The van der Waals surface area contributed by atoms with Crippen LogP contribution in [0, 0.1) is 5.92 Å². The Bertz CT molecular complexity index is 368. The van der Waals surface area contributed by atoms with E-state index in [1.165, 1.54) is 11.1 Å². The number of benzene rings is 1. The molecular formula is C16H27NO. The van der Waals surface area contributed by atoms with Crippen molar-refractivity contribution in [2.24, 2.45) is 11.7 Å². The summed E-state index contributed by atoms with van der Waals surface area (Å²) in [5, 5.41) is 0. The van der Waals surface area contributed by atoms with Crippen LogP contribution in [0.25, 0.3) is 0 Å². The van der Waals surface area contributed by atoms with Gasteiger partial charge < -0.3 is 10.5 Å². The summed E-state index contributed by atoms with van der Waals surface area (Å²) in [5.74, 6) is 0.424. The van der Waals surface area contributed by atoms with E-state index < -0.39 is 0 Å². The van der Waals surface area contributed by atoms with E-state index in [4.69, 9.17) is 10.5 Å². The Labute approximate surface area is 112 Å². The maximum atomic E-state index is 6.42. The number of hydrogen-bond acceptors (Lipinski definition) is 2. The van der Waals surface area contributed by atoms with Crippen LogP contribution in [0.4, 0.5) is 0 Å². The predicted octanol–water partition coefficient (Wildman–Crippen LogP) is 3.66. The average molecular weight is 249 g/mol. The van der Waals surface area contributed by atoms with E-state index in [2.05, 4.69) is 52.0 Å². The quantitative estimate of drug-likeness (QED) is 0.864. The molecule has 0 aliphatic carbocycles. The summed E-state index contributed by atoms with van der Waals surface area (Å²) >= 11 is 0. The Morgan fingerprint density at radius 2 is 1.83 bits per heavy atom. The standard InChI is InChI=1S/C16H27NO/c1-12(10-11-18-5)15(17)13-8-6-7-9-14(13)16(2,3)4/h6-9,12,15H,10-11,17H2,1-5H3. The summed E-state index contributed by atoms with van der Waals surface area (Å²) < 4.78 is 5.14. The molecule has 18 heavy (non-hydrogen) atoms. The van der Waals surface area contributed by atoms with E-state index in [9.17, 15) is 0 Å². The molecule has 2 N–H and O–H groups in total. The lowest BCUT2D eigenvalue weighted by molar-refractivity contribution is 0.174. The molecule has 2 nitrogen and oxygen atoms in total. The third kappa shape index (κ3) is 3.82. The molecule has 0 amide bonds. The van der Waals surface area contributed by atoms with Crippen LogP contribution in [0.5, 0.6) is 0 Å². The van der Waals surface area contributed by atoms with Crippen LogP contribution in [0.1, 0.15) is 51.3 Å². The molecule has 0 aromatic heterocycles. The SMILES string of the molecule is COCCC(C)C(N)c1ccccc1C(C)(C)C. The van der Waals surface area contributed by atoms with E-state index >= 15 is 0 Å². The molecule has 0 aliphatic heterocycles. The smallest absolute Gasteiger partial charge is 0.0465 e. The van der Waals surface area contributed by atoms with E-state index in [0.29, 0.717) is 5.92 Å². The van der Waals surface area contributed by atoms with Crippen LogP contribution in [0.3, 0.4) is 0 Å². The Morgan fingerprint density at radius 3 is 2.39 bits per heavy atom. The van der Waals surface area contributed by atoms with Gasteiger partial charge in [-0.15, -0.1) is 0 Å². The first kappa shape index (κ1) is 15.2. The van der Waals surface area contributed by atoms with Crippen molar-refractivity contribution in [3.63, 3.8) is 0 Å². The van der Waals surface area contributed by atoms with Crippen LogP contribution < -0.4 is 5.73 Å². The number of ether oxygens (including phenoxy) is 1. The predicted molar refractivity (Wildman–Crippen MR) is 77.7 cm³/mol. The van der Waals surface area contributed by atoms with Crippen molar-refractivity contribution in [3.8, 4) is 0 Å². The van der Waals surface area contributed by atoms with Crippen LogP contribution >= 0.6 is 0 Å². The summed E-state index contributed by atoms with van der Waals surface area (Å²) in [7, 11) is 1.74. The topological polar surface area (TPSA) is 35.2 Å². The molecule has 102 valence electrons. The van der Waals surface area contributed by atoms with Crippen LogP contribution in [-0.4, -0.2) is 13.7 Å². The number of methoxy groups -OCH3 is 1. The van der Waals surface area contributed by atoms with Crippen molar-refractivity contribution in [1.82, 2.24) is 0 Å². The van der Waals surface area contributed by atoms with E-state index in [0.717, 1.165) is 13.0 Å².